The molecule has 4 rings (SSSR count). The predicted molar refractivity (Wildman–Crippen MR) is 129 cm³/mol. The topological polar surface area (TPSA) is 79.8 Å². The minimum absolute atomic E-state index is 0.131. The van der Waals surface area contributed by atoms with Crippen molar-refractivity contribution < 1.29 is 4.79 Å². The van der Waals surface area contributed by atoms with E-state index in [-0.39, 0.29) is 17.2 Å². The Bertz CT molecular complexity index is 1330. The Hall–Kier alpha value is -2.75. The summed E-state index contributed by atoms with van der Waals surface area (Å²) in [4.78, 5) is 32.2. The highest BCUT2D eigenvalue weighted by Crippen LogP contribution is 2.25. The van der Waals surface area contributed by atoms with E-state index in [1.807, 2.05) is 59.2 Å². The summed E-state index contributed by atoms with van der Waals surface area (Å²) in [7, 11) is 0. The van der Waals surface area contributed by atoms with Gasteiger partial charge in [0.05, 0.1) is 5.75 Å². The van der Waals surface area contributed by atoms with Gasteiger partial charge in [-0.05, 0) is 41.9 Å². The third kappa shape index (κ3) is 4.95. The fraction of sp³-hybridized carbons (Fsp3) is 0.182. The van der Waals surface area contributed by atoms with Gasteiger partial charge in [0, 0.05) is 12.2 Å². The first-order valence-corrected chi connectivity index (χ1v) is 11.9. The van der Waals surface area contributed by atoms with Gasteiger partial charge in [0.25, 0.3) is 5.56 Å². The van der Waals surface area contributed by atoms with Crippen molar-refractivity contribution in [1.29, 1.82) is 0 Å². The summed E-state index contributed by atoms with van der Waals surface area (Å²) < 4.78 is 2.84. The molecular weight excluding hydrogens is 448 g/mol. The molecule has 4 aromatic rings. The number of nitrogens with one attached hydrogen (secondary N) is 2. The van der Waals surface area contributed by atoms with Crippen LogP contribution in [0.5, 0.6) is 0 Å². The molecule has 0 saturated carbocycles. The molecule has 31 heavy (non-hydrogen) atoms. The molecule has 0 aliphatic carbocycles. The molecule has 0 atom stereocenters. The van der Waals surface area contributed by atoms with Crippen molar-refractivity contribution in [2.24, 2.45) is 0 Å². The summed E-state index contributed by atoms with van der Waals surface area (Å²) in [6.45, 7) is 2.56. The summed E-state index contributed by atoms with van der Waals surface area (Å²) in [6.07, 6.45) is 0.946. The van der Waals surface area contributed by atoms with Gasteiger partial charge in [0.2, 0.25) is 5.91 Å². The maximum absolute atomic E-state index is 12.6. The van der Waals surface area contributed by atoms with Crippen LogP contribution in [-0.4, -0.2) is 26.2 Å². The molecule has 0 spiro atoms. The fourth-order valence-electron chi connectivity index (χ4n) is 3.05. The lowest BCUT2D eigenvalue weighted by Gasteiger charge is -2.07. The Morgan fingerprint density at radius 2 is 1.90 bits per heavy atom. The summed E-state index contributed by atoms with van der Waals surface area (Å²) in [5.74, 6) is 0.0195. The number of hydrogen-bond acceptors (Lipinski definition) is 6. The Morgan fingerprint density at radius 1 is 1.16 bits per heavy atom. The number of aromatic amines is 1. The molecule has 0 radical (unpaired) electrons. The van der Waals surface area contributed by atoms with E-state index in [4.69, 9.17) is 12.2 Å². The van der Waals surface area contributed by atoms with E-state index >= 15 is 0 Å². The maximum Gasteiger partial charge on any atom is 0.271 e. The highest BCUT2D eigenvalue weighted by Gasteiger charge is 2.14. The molecule has 0 unspecified atom stereocenters. The van der Waals surface area contributed by atoms with Crippen molar-refractivity contribution in [3.63, 3.8) is 0 Å². The first-order valence-electron chi connectivity index (χ1n) is 9.73. The summed E-state index contributed by atoms with van der Waals surface area (Å²) in [5, 5.41) is 3.26. The highest BCUT2D eigenvalue weighted by atomic mass is 32.2. The molecule has 0 aliphatic heterocycles. The van der Waals surface area contributed by atoms with Gasteiger partial charge in [-0.2, -0.15) is 0 Å². The van der Waals surface area contributed by atoms with Crippen LogP contribution in [0.15, 0.2) is 64.5 Å². The SMILES string of the molecule is CCc1ccc(-n2c(=S)sc3c(=O)[nH]c(SCC(=O)NCc4ccccc4)nc32)cc1. The normalized spacial score (nSPS) is 11.0. The van der Waals surface area contributed by atoms with E-state index in [0.29, 0.717) is 26.0 Å². The lowest BCUT2D eigenvalue weighted by molar-refractivity contribution is -0.118. The Balaban J connectivity index is 1.54. The first kappa shape index (κ1) is 21.5. The van der Waals surface area contributed by atoms with Crippen LogP contribution in [0.2, 0.25) is 0 Å². The molecule has 2 aromatic carbocycles. The second-order valence-corrected chi connectivity index (χ2v) is 9.41. The van der Waals surface area contributed by atoms with Gasteiger partial charge in [-0.25, -0.2) is 4.98 Å². The third-order valence-electron chi connectivity index (χ3n) is 4.70. The van der Waals surface area contributed by atoms with Gasteiger partial charge in [-0.1, -0.05) is 72.5 Å². The Labute approximate surface area is 192 Å². The second-order valence-electron chi connectivity index (χ2n) is 6.80. The molecule has 158 valence electrons. The van der Waals surface area contributed by atoms with E-state index in [1.54, 1.807) is 0 Å². The Kier molecular flexibility index (Phi) is 6.64. The van der Waals surface area contributed by atoms with Crippen LogP contribution in [0.3, 0.4) is 0 Å². The minimum atomic E-state index is -0.253. The Morgan fingerprint density at radius 3 is 2.61 bits per heavy atom. The van der Waals surface area contributed by atoms with Crippen LogP contribution in [-0.2, 0) is 17.8 Å². The zero-order valence-electron chi connectivity index (χ0n) is 16.8. The van der Waals surface area contributed by atoms with Crippen molar-refractivity contribution in [2.45, 2.75) is 25.0 Å². The zero-order valence-corrected chi connectivity index (χ0v) is 19.2. The molecule has 2 N–H and O–H groups in total. The molecule has 0 aliphatic rings. The van der Waals surface area contributed by atoms with Gasteiger partial charge < -0.3 is 10.3 Å². The maximum atomic E-state index is 12.6. The molecule has 2 aromatic heterocycles. The quantitative estimate of drug-likeness (QED) is 0.238. The number of carbonyl (C=O) groups excluding carboxylic acids is 1. The van der Waals surface area contributed by atoms with Crippen molar-refractivity contribution in [3.05, 3.63) is 80.0 Å². The fourth-order valence-corrected chi connectivity index (χ4v) is 5.01. The molecule has 0 bridgehead atoms. The van der Waals surface area contributed by atoms with Crippen molar-refractivity contribution in [3.8, 4) is 5.69 Å². The molecule has 0 fully saturated rings. The van der Waals surface area contributed by atoms with E-state index in [2.05, 4.69) is 22.2 Å². The van der Waals surface area contributed by atoms with Gasteiger partial charge in [-0.3, -0.25) is 14.2 Å². The highest BCUT2D eigenvalue weighted by molar-refractivity contribution is 7.99. The van der Waals surface area contributed by atoms with Gasteiger partial charge >= 0.3 is 0 Å². The predicted octanol–water partition coefficient (Wildman–Crippen LogP) is 4.48. The number of thioether (sulfide) groups is 1. The standard InChI is InChI=1S/C22H20N4O2S3/c1-2-14-8-10-16(11-9-14)26-19-18(31-22(26)29)20(28)25-21(24-19)30-13-17(27)23-12-15-6-4-3-5-7-15/h3-11H,2,12-13H2,1H3,(H,23,27)(H,24,25,28). The van der Waals surface area contributed by atoms with Crippen LogP contribution in [0.25, 0.3) is 16.0 Å². The minimum Gasteiger partial charge on any atom is -0.351 e. The number of aromatic nitrogens is 3. The number of rotatable bonds is 7. The van der Waals surface area contributed by atoms with Crippen LogP contribution < -0.4 is 10.9 Å². The van der Waals surface area contributed by atoms with Crippen LogP contribution in [0.4, 0.5) is 0 Å². The largest absolute Gasteiger partial charge is 0.351 e. The molecule has 9 heteroatoms. The number of H-pyrrole nitrogens is 1. The smallest absolute Gasteiger partial charge is 0.271 e. The van der Waals surface area contributed by atoms with E-state index in [9.17, 15) is 9.59 Å². The van der Waals surface area contributed by atoms with Crippen LogP contribution in [0.1, 0.15) is 18.1 Å². The molecular formula is C22H20N4O2S3. The van der Waals surface area contributed by atoms with E-state index in [0.717, 1.165) is 17.7 Å². The molecule has 2 heterocycles. The summed E-state index contributed by atoms with van der Waals surface area (Å²) >= 11 is 7.93. The lowest BCUT2D eigenvalue weighted by atomic mass is 10.1. The summed E-state index contributed by atoms with van der Waals surface area (Å²) in [5.41, 5.74) is 3.37. The van der Waals surface area contributed by atoms with Crippen molar-refractivity contribution in [1.82, 2.24) is 19.9 Å². The van der Waals surface area contributed by atoms with Crippen molar-refractivity contribution in [2.75, 3.05) is 5.75 Å². The number of fused-ring (bicyclic) bond motifs is 1. The monoisotopic (exact) mass is 468 g/mol. The van der Waals surface area contributed by atoms with E-state index in [1.165, 1.54) is 28.7 Å². The number of carbonyl (C=O) groups is 1. The number of benzene rings is 2. The first-order chi connectivity index (χ1) is 15.0. The molecule has 6 nitrogen and oxygen atoms in total. The van der Waals surface area contributed by atoms with Gasteiger partial charge in [0.1, 0.15) is 4.70 Å². The number of hydrogen-bond donors (Lipinski definition) is 2. The molecule has 0 saturated heterocycles. The number of amides is 1. The number of aryl methyl sites for hydroxylation is 1. The van der Waals surface area contributed by atoms with E-state index < -0.39 is 0 Å². The average Bonchev–Trinajstić information content (AvgIpc) is 3.13. The number of thiazole rings is 1. The molecule has 1 amide bonds. The zero-order chi connectivity index (χ0) is 21.8. The van der Waals surface area contributed by atoms with Crippen LogP contribution >= 0.6 is 35.3 Å². The summed E-state index contributed by atoms with van der Waals surface area (Å²) in [6, 6.07) is 17.7. The number of nitrogens with zero attached hydrogens (tertiary/aromatic N) is 2. The third-order valence-corrected chi connectivity index (χ3v) is 6.93. The van der Waals surface area contributed by atoms with Crippen molar-refractivity contribution >= 4 is 51.6 Å². The van der Waals surface area contributed by atoms with Crippen LogP contribution in [0, 0.1) is 3.95 Å². The lowest BCUT2D eigenvalue weighted by Crippen LogP contribution is -2.24. The second kappa shape index (κ2) is 9.59. The average molecular weight is 469 g/mol. The van der Waals surface area contributed by atoms with Gasteiger partial charge in [0.15, 0.2) is 14.8 Å². The van der Waals surface area contributed by atoms with Gasteiger partial charge in [-0.15, -0.1) is 0 Å².